The Labute approximate surface area is 125 Å². The summed E-state index contributed by atoms with van der Waals surface area (Å²) >= 11 is 3.59. The van der Waals surface area contributed by atoms with Crippen molar-refractivity contribution in [1.82, 2.24) is 10.2 Å². The maximum Gasteiger partial charge on any atom is 0.0541 e. The summed E-state index contributed by atoms with van der Waals surface area (Å²) in [4.78, 5) is 4.83. The second-order valence-corrected chi connectivity index (χ2v) is 6.45. The minimum absolute atomic E-state index is 0.540. The average molecular weight is 326 g/mol. The summed E-state index contributed by atoms with van der Waals surface area (Å²) in [5.41, 5.74) is 2.65. The Morgan fingerprint density at radius 3 is 2.89 bits per heavy atom. The standard InChI is InChI=1S/C15H24BrN3/c1-12-9-13(5-6-15(12)16)19-8-4-7-17-10-14(19)11-18(2)3/h5-6,9,14,17H,4,7-8,10-11H2,1-3H3. The Bertz CT molecular complexity index is 420. The predicted molar refractivity (Wildman–Crippen MR) is 86.1 cm³/mol. The molecule has 0 bridgehead atoms. The molecule has 1 aromatic carbocycles. The summed E-state index contributed by atoms with van der Waals surface area (Å²) in [6, 6.07) is 7.22. The number of aryl methyl sites for hydroxylation is 1. The molecule has 106 valence electrons. The number of benzene rings is 1. The van der Waals surface area contributed by atoms with Crippen molar-refractivity contribution in [3.05, 3.63) is 28.2 Å². The van der Waals surface area contributed by atoms with Gasteiger partial charge in [-0.15, -0.1) is 0 Å². The zero-order chi connectivity index (χ0) is 13.8. The Kier molecular flexibility index (Phi) is 5.25. The van der Waals surface area contributed by atoms with Gasteiger partial charge in [0, 0.05) is 29.8 Å². The molecule has 0 aliphatic carbocycles. The molecule has 1 aliphatic rings. The normalized spacial score (nSPS) is 20.7. The molecule has 0 spiro atoms. The first kappa shape index (κ1) is 14.8. The van der Waals surface area contributed by atoms with Crippen LogP contribution in [-0.4, -0.2) is 51.2 Å². The Morgan fingerprint density at radius 1 is 1.42 bits per heavy atom. The lowest BCUT2D eigenvalue weighted by Crippen LogP contribution is -2.46. The lowest BCUT2D eigenvalue weighted by Gasteiger charge is -2.34. The third-order valence-electron chi connectivity index (χ3n) is 3.62. The second kappa shape index (κ2) is 6.73. The van der Waals surface area contributed by atoms with E-state index in [9.17, 15) is 0 Å². The van der Waals surface area contributed by atoms with Gasteiger partial charge in [-0.2, -0.15) is 0 Å². The fourth-order valence-electron chi connectivity index (χ4n) is 2.67. The molecule has 1 saturated heterocycles. The quantitative estimate of drug-likeness (QED) is 0.921. The van der Waals surface area contributed by atoms with Crippen molar-refractivity contribution in [3.8, 4) is 0 Å². The largest absolute Gasteiger partial charge is 0.366 e. The highest BCUT2D eigenvalue weighted by Gasteiger charge is 2.21. The summed E-state index contributed by atoms with van der Waals surface area (Å²) in [6.45, 7) is 6.56. The third kappa shape index (κ3) is 3.94. The van der Waals surface area contributed by atoms with Gasteiger partial charge in [0.2, 0.25) is 0 Å². The van der Waals surface area contributed by atoms with Gasteiger partial charge in [-0.3, -0.25) is 0 Å². The molecule has 3 nitrogen and oxygen atoms in total. The van der Waals surface area contributed by atoms with Gasteiger partial charge >= 0.3 is 0 Å². The molecule has 4 heteroatoms. The van der Waals surface area contributed by atoms with Crippen molar-refractivity contribution in [3.63, 3.8) is 0 Å². The number of nitrogens with zero attached hydrogens (tertiary/aromatic N) is 2. The smallest absolute Gasteiger partial charge is 0.0541 e. The molecular weight excluding hydrogens is 302 g/mol. The molecule has 0 amide bonds. The second-order valence-electron chi connectivity index (χ2n) is 5.60. The van der Waals surface area contributed by atoms with Crippen LogP contribution in [-0.2, 0) is 0 Å². The van der Waals surface area contributed by atoms with Crippen LogP contribution < -0.4 is 10.2 Å². The number of likely N-dealkylation sites (N-methyl/N-ethyl adjacent to an activating group) is 1. The van der Waals surface area contributed by atoms with Crippen LogP contribution in [0.1, 0.15) is 12.0 Å². The van der Waals surface area contributed by atoms with E-state index in [2.05, 4.69) is 70.3 Å². The molecular formula is C15H24BrN3. The van der Waals surface area contributed by atoms with E-state index in [-0.39, 0.29) is 0 Å². The zero-order valence-corrected chi connectivity index (χ0v) is 13.7. The van der Waals surface area contributed by atoms with Crippen molar-refractivity contribution in [2.75, 3.05) is 45.2 Å². The maximum atomic E-state index is 3.59. The molecule has 0 aromatic heterocycles. The molecule has 19 heavy (non-hydrogen) atoms. The van der Waals surface area contributed by atoms with Crippen LogP contribution >= 0.6 is 15.9 Å². The minimum atomic E-state index is 0.540. The lowest BCUT2D eigenvalue weighted by molar-refractivity contribution is 0.361. The van der Waals surface area contributed by atoms with Crippen molar-refractivity contribution in [1.29, 1.82) is 0 Å². The molecule has 1 atom stereocenters. The summed E-state index contributed by atoms with van der Waals surface area (Å²) in [5.74, 6) is 0. The molecule has 0 radical (unpaired) electrons. The average Bonchev–Trinajstić information content (AvgIpc) is 2.57. The van der Waals surface area contributed by atoms with Gasteiger partial charge in [-0.25, -0.2) is 0 Å². The Hall–Kier alpha value is -0.580. The number of rotatable bonds is 3. The number of halogens is 1. The van der Waals surface area contributed by atoms with Gasteiger partial charge in [0.1, 0.15) is 0 Å². The third-order valence-corrected chi connectivity index (χ3v) is 4.51. The predicted octanol–water partition coefficient (Wildman–Crippen LogP) is 2.49. The Morgan fingerprint density at radius 2 is 2.21 bits per heavy atom. The van der Waals surface area contributed by atoms with Gasteiger partial charge in [-0.1, -0.05) is 15.9 Å². The van der Waals surface area contributed by atoms with Gasteiger partial charge in [0.25, 0.3) is 0 Å². The van der Waals surface area contributed by atoms with Crippen LogP contribution in [0.5, 0.6) is 0 Å². The molecule has 1 unspecified atom stereocenters. The van der Waals surface area contributed by atoms with Gasteiger partial charge in [0.15, 0.2) is 0 Å². The highest BCUT2D eigenvalue weighted by molar-refractivity contribution is 9.10. The fourth-order valence-corrected chi connectivity index (χ4v) is 2.91. The molecule has 1 heterocycles. The van der Waals surface area contributed by atoms with Crippen LogP contribution in [0.25, 0.3) is 0 Å². The first-order valence-electron chi connectivity index (χ1n) is 6.96. The first-order chi connectivity index (χ1) is 9.08. The maximum absolute atomic E-state index is 3.59. The van der Waals surface area contributed by atoms with Crippen LogP contribution in [0.15, 0.2) is 22.7 Å². The lowest BCUT2D eigenvalue weighted by atomic mass is 10.1. The van der Waals surface area contributed by atoms with Crippen molar-refractivity contribution < 1.29 is 0 Å². The number of anilines is 1. The van der Waals surface area contributed by atoms with Crippen molar-refractivity contribution in [2.45, 2.75) is 19.4 Å². The molecule has 1 fully saturated rings. The zero-order valence-electron chi connectivity index (χ0n) is 12.1. The fraction of sp³-hybridized carbons (Fsp3) is 0.600. The van der Waals surface area contributed by atoms with E-state index in [0.717, 1.165) is 26.2 Å². The summed E-state index contributed by atoms with van der Waals surface area (Å²) in [7, 11) is 4.30. The van der Waals surface area contributed by atoms with E-state index in [1.54, 1.807) is 0 Å². The summed E-state index contributed by atoms with van der Waals surface area (Å²) < 4.78 is 1.19. The molecule has 2 rings (SSSR count). The Balaban J connectivity index is 2.23. The van der Waals surface area contributed by atoms with Crippen LogP contribution in [0.2, 0.25) is 0 Å². The van der Waals surface area contributed by atoms with Crippen molar-refractivity contribution in [2.24, 2.45) is 0 Å². The van der Waals surface area contributed by atoms with E-state index in [1.165, 1.54) is 22.1 Å². The highest BCUT2D eigenvalue weighted by Crippen LogP contribution is 2.25. The van der Waals surface area contributed by atoms with Crippen LogP contribution in [0, 0.1) is 6.92 Å². The number of hydrogen-bond acceptors (Lipinski definition) is 3. The monoisotopic (exact) mass is 325 g/mol. The SMILES string of the molecule is Cc1cc(N2CCCNCC2CN(C)C)ccc1Br. The van der Waals surface area contributed by atoms with E-state index >= 15 is 0 Å². The van der Waals surface area contributed by atoms with Crippen LogP contribution in [0.3, 0.4) is 0 Å². The number of hydrogen-bond donors (Lipinski definition) is 1. The molecule has 1 aliphatic heterocycles. The summed E-state index contributed by atoms with van der Waals surface area (Å²) in [5, 5.41) is 3.55. The molecule has 0 saturated carbocycles. The highest BCUT2D eigenvalue weighted by atomic mass is 79.9. The van der Waals surface area contributed by atoms with Gasteiger partial charge in [-0.05, 0) is 57.7 Å². The first-order valence-corrected chi connectivity index (χ1v) is 7.75. The van der Waals surface area contributed by atoms with E-state index in [4.69, 9.17) is 0 Å². The topological polar surface area (TPSA) is 18.5 Å². The van der Waals surface area contributed by atoms with E-state index < -0.39 is 0 Å². The molecule has 1 N–H and O–H groups in total. The minimum Gasteiger partial charge on any atom is -0.366 e. The van der Waals surface area contributed by atoms with Crippen LogP contribution in [0.4, 0.5) is 5.69 Å². The number of nitrogens with one attached hydrogen (secondary N) is 1. The van der Waals surface area contributed by atoms with Crippen molar-refractivity contribution >= 4 is 21.6 Å². The van der Waals surface area contributed by atoms with E-state index in [0.29, 0.717) is 6.04 Å². The molecule has 1 aromatic rings. The van der Waals surface area contributed by atoms with E-state index in [1.807, 2.05) is 0 Å². The van der Waals surface area contributed by atoms with Gasteiger partial charge in [0.05, 0.1) is 6.04 Å². The summed E-state index contributed by atoms with van der Waals surface area (Å²) in [6.07, 6.45) is 1.21. The van der Waals surface area contributed by atoms with Gasteiger partial charge < -0.3 is 15.1 Å².